The van der Waals surface area contributed by atoms with E-state index in [9.17, 15) is 4.79 Å². The quantitative estimate of drug-likeness (QED) is 0.458. The first-order chi connectivity index (χ1) is 11.2. The van der Waals surface area contributed by atoms with Crippen LogP contribution < -0.4 is 0 Å². The number of carbonyl (C=O) groups excluding carboxylic acids is 1. The monoisotopic (exact) mass is 330 g/mol. The van der Waals surface area contributed by atoms with Gasteiger partial charge in [-0.2, -0.15) is 0 Å². The molecule has 0 radical (unpaired) electrons. The first-order valence-corrected chi connectivity index (χ1v) is 9.07. The largest absolute Gasteiger partial charge is 0.361 e. The van der Waals surface area contributed by atoms with E-state index < -0.39 is 0 Å². The molecule has 1 rings (SSSR count). The smallest absolute Gasteiger partial charge is 0.325 e. The van der Waals surface area contributed by atoms with Gasteiger partial charge >= 0.3 is 6.03 Å². The minimum Gasteiger partial charge on any atom is -0.361 e. The standard InChI is InChI=1S/C17H34N2O4/c1-4-7-10-21-14-18-13-16(23-12-9-6-3)19(17(18)20)15-22-11-8-5-2/h16H,4-15H2,1-3H3. The molecule has 1 fully saturated rings. The van der Waals surface area contributed by atoms with Crippen LogP contribution in [0.5, 0.6) is 0 Å². The van der Waals surface area contributed by atoms with Crippen molar-refractivity contribution in [2.75, 3.05) is 39.8 Å². The molecular weight excluding hydrogens is 296 g/mol. The van der Waals surface area contributed by atoms with E-state index in [1.165, 1.54) is 0 Å². The Labute approximate surface area is 141 Å². The molecule has 0 spiro atoms. The van der Waals surface area contributed by atoms with E-state index in [4.69, 9.17) is 14.2 Å². The second kappa shape index (κ2) is 12.6. The highest BCUT2D eigenvalue weighted by atomic mass is 16.5. The van der Waals surface area contributed by atoms with Crippen LogP contribution in [0.1, 0.15) is 59.3 Å². The average Bonchev–Trinajstić information content (AvgIpc) is 2.84. The number of unbranched alkanes of at least 4 members (excludes halogenated alkanes) is 3. The summed E-state index contributed by atoms with van der Waals surface area (Å²) in [5.74, 6) is 0. The van der Waals surface area contributed by atoms with Crippen LogP contribution >= 0.6 is 0 Å². The molecule has 2 amide bonds. The maximum atomic E-state index is 12.5. The van der Waals surface area contributed by atoms with Crippen LogP contribution in [-0.4, -0.2) is 61.9 Å². The van der Waals surface area contributed by atoms with Gasteiger partial charge in [-0.05, 0) is 19.3 Å². The molecule has 1 saturated heterocycles. The zero-order valence-electron chi connectivity index (χ0n) is 15.1. The fourth-order valence-electron chi connectivity index (χ4n) is 2.25. The van der Waals surface area contributed by atoms with Crippen LogP contribution in [-0.2, 0) is 14.2 Å². The Morgan fingerprint density at radius 2 is 1.48 bits per heavy atom. The van der Waals surface area contributed by atoms with Crippen LogP contribution in [0.4, 0.5) is 4.79 Å². The minimum absolute atomic E-state index is 0.0560. The summed E-state index contributed by atoms with van der Waals surface area (Å²) >= 11 is 0. The van der Waals surface area contributed by atoms with Gasteiger partial charge in [0.25, 0.3) is 0 Å². The van der Waals surface area contributed by atoms with Crippen molar-refractivity contribution in [3.05, 3.63) is 0 Å². The summed E-state index contributed by atoms with van der Waals surface area (Å²) in [7, 11) is 0. The van der Waals surface area contributed by atoms with Crippen molar-refractivity contribution in [2.45, 2.75) is 65.5 Å². The van der Waals surface area contributed by atoms with Crippen molar-refractivity contribution in [3.63, 3.8) is 0 Å². The Bertz CT molecular complexity index is 315. The first-order valence-electron chi connectivity index (χ1n) is 9.07. The number of nitrogens with zero attached hydrogens (tertiary/aromatic N) is 2. The fourth-order valence-corrected chi connectivity index (χ4v) is 2.25. The maximum absolute atomic E-state index is 12.5. The lowest BCUT2D eigenvalue weighted by Crippen LogP contribution is -2.38. The van der Waals surface area contributed by atoms with Crippen molar-refractivity contribution in [1.82, 2.24) is 9.80 Å². The topological polar surface area (TPSA) is 51.2 Å². The highest BCUT2D eigenvalue weighted by Gasteiger charge is 2.37. The molecule has 1 aliphatic heterocycles. The van der Waals surface area contributed by atoms with Gasteiger partial charge < -0.3 is 14.2 Å². The van der Waals surface area contributed by atoms with Gasteiger partial charge in [0.2, 0.25) is 0 Å². The average molecular weight is 330 g/mol. The number of carbonyl (C=O) groups is 1. The highest BCUT2D eigenvalue weighted by molar-refractivity contribution is 5.76. The predicted molar refractivity (Wildman–Crippen MR) is 90.0 cm³/mol. The molecule has 23 heavy (non-hydrogen) atoms. The molecule has 1 heterocycles. The Morgan fingerprint density at radius 3 is 2.09 bits per heavy atom. The Kier molecular flexibility index (Phi) is 11.0. The lowest BCUT2D eigenvalue weighted by atomic mass is 10.4. The van der Waals surface area contributed by atoms with Crippen LogP contribution in [0.25, 0.3) is 0 Å². The fraction of sp³-hybridized carbons (Fsp3) is 0.941. The van der Waals surface area contributed by atoms with Gasteiger partial charge in [-0.1, -0.05) is 40.0 Å². The van der Waals surface area contributed by atoms with Crippen molar-refractivity contribution >= 4 is 6.03 Å². The van der Waals surface area contributed by atoms with E-state index >= 15 is 0 Å². The molecule has 6 heteroatoms. The lowest BCUT2D eigenvalue weighted by Gasteiger charge is -2.23. The van der Waals surface area contributed by atoms with Crippen LogP contribution in [0.3, 0.4) is 0 Å². The molecule has 0 aliphatic carbocycles. The Hall–Kier alpha value is -0.850. The third kappa shape index (κ3) is 7.50. The van der Waals surface area contributed by atoms with E-state index in [0.717, 1.165) is 38.5 Å². The van der Waals surface area contributed by atoms with Crippen LogP contribution in [0, 0.1) is 0 Å². The summed E-state index contributed by atoms with van der Waals surface area (Å²) in [4.78, 5) is 15.9. The van der Waals surface area contributed by atoms with E-state index in [1.54, 1.807) is 9.80 Å². The maximum Gasteiger partial charge on any atom is 0.325 e. The zero-order valence-corrected chi connectivity index (χ0v) is 15.1. The van der Waals surface area contributed by atoms with Crippen LogP contribution in [0.15, 0.2) is 0 Å². The van der Waals surface area contributed by atoms with Gasteiger partial charge in [0, 0.05) is 19.8 Å². The molecule has 1 unspecified atom stereocenters. The number of urea groups is 1. The minimum atomic E-state index is -0.231. The SMILES string of the molecule is CCCCOCN1CC(OCCCC)N(COCCCC)C1=O. The number of ether oxygens (including phenoxy) is 3. The third-order valence-corrected chi connectivity index (χ3v) is 3.81. The van der Waals surface area contributed by atoms with Crippen molar-refractivity contribution in [2.24, 2.45) is 0 Å². The Morgan fingerprint density at radius 1 is 0.913 bits per heavy atom. The lowest BCUT2D eigenvalue weighted by molar-refractivity contribution is -0.0644. The summed E-state index contributed by atoms with van der Waals surface area (Å²) in [5, 5.41) is 0. The summed E-state index contributed by atoms with van der Waals surface area (Å²) in [5.41, 5.74) is 0. The van der Waals surface area contributed by atoms with E-state index in [-0.39, 0.29) is 12.3 Å². The molecule has 1 atom stereocenters. The Balaban J connectivity index is 2.44. The van der Waals surface area contributed by atoms with Crippen molar-refractivity contribution in [1.29, 1.82) is 0 Å². The molecular formula is C17H34N2O4. The molecule has 0 aromatic carbocycles. The van der Waals surface area contributed by atoms with Crippen molar-refractivity contribution in [3.8, 4) is 0 Å². The molecule has 0 N–H and O–H groups in total. The number of hydrogen-bond acceptors (Lipinski definition) is 4. The van der Waals surface area contributed by atoms with Gasteiger partial charge in [-0.25, -0.2) is 4.79 Å². The molecule has 1 aliphatic rings. The second-order valence-corrected chi connectivity index (χ2v) is 5.94. The summed E-state index contributed by atoms with van der Waals surface area (Å²) in [6.45, 7) is 9.58. The number of rotatable bonds is 14. The van der Waals surface area contributed by atoms with Crippen LogP contribution in [0.2, 0.25) is 0 Å². The van der Waals surface area contributed by atoms with Gasteiger partial charge in [0.15, 0.2) is 6.23 Å². The van der Waals surface area contributed by atoms with Gasteiger partial charge in [-0.3, -0.25) is 9.80 Å². The summed E-state index contributed by atoms with van der Waals surface area (Å²) in [6.07, 6.45) is 6.05. The molecule has 6 nitrogen and oxygen atoms in total. The van der Waals surface area contributed by atoms with E-state index in [2.05, 4.69) is 20.8 Å². The van der Waals surface area contributed by atoms with Gasteiger partial charge in [0.05, 0.1) is 6.54 Å². The predicted octanol–water partition coefficient (Wildman–Crippen LogP) is 3.42. The number of amides is 2. The normalized spacial score (nSPS) is 18.2. The van der Waals surface area contributed by atoms with Gasteiger partial charge in [0.1, 0.15) is 13.5 Å². The van der Waals surface area contributed by atoms with E-state index in [1.807, 2.05) is 0 Å². The van der Waals surface area contributed by atoms with Crippen molar-refractivity contribution < 1.29 is 19.0 Å². The summed E-state index contributed by atoms with van der Waals surface area (Å²) in [6, 6.07) is -0.0560. The number of hydrogen-bond donors (Lipinski definition) is 0. The molecule has 0 aromatic heterocycles. The zero-order chi connectivity index (χ0) is 16.9. The molecule has 0 saturated carbocycles. The molecule has 0 aromatic rings. The third-order valence-electron chi connectivity index (χ3n) is 3.81. The van der Waals surface area contributed by atoms with E-state index in [0.29, 0.717) is 39.8 Å². The molecule has 0 bridgehead atoms. The second-order valence-electron chi connectivity index (χ2n) is 5.94. The molecule has 136 valence electrons. The highest BCUT2D eigenvalue weighted by Crippen LogP contribution is 2.17. The first kappa shape index (κ1) is 20.2. The summed E-state index contributed by atoms with van der Waals surface area (Å²) < 4.78 is 17.1. The van der Waals surface area contributed by atoms with Gasteiger partial charge in [-0.15, -0.1) is 0 Å².